The first kappa shape index (κ1) is 11.8. The molecule has 82 valence electrons. The van der Waals surface area contributed by atoms with E-state index < -0.39 is 0 Å². The molecule has 0 spiro atoms. The molecule has 0 aromatic heterocycles. The van der Waals surface area contributed by atoms with E-state index in [1.807, 2.05) is 4.90 Å². The van der Waals surface area contributed by atoms with Crippen molar-refractivity contribution in [2.45, 2.75) is 45.6 Å². The van der Waals surface area contributed by atoms with E-state index in [2.05, 4.69) is 13.8 Å². The largest absolute Gasteiger partial charge is 0.339 e. The van der Waals surface area contributed by atoms with E-state index in [0.29, 0.717) is 30.2 Å². The van der Waals surface area contributed by atoms with Crippen molar-refractivity contribution < 1.29 is 4.79 Å². The molecule has 2 nitrogen and oxygen atoms in total. The van der Waals surface area contributed by atoms with Crippen LogP contribution in [0.2, 0.25) is 0 Å². The van der Waals surface area contributed by atoms with Gasteiger partial charge >= 0.3 is 0 Å². The highest BCUT2D eigenvalue weighted by Crippen LogP contribution is 2.27. The molecular formula is C11H20ClNO. The fraction of sp³-hybridized carbons (Fsp3) is 0.909. The smallest absolute Gasteiger partial charge is 0.222 e. The molecule has 0 heterocycles. The molecule has 0 aromatic rings. The van der Waals surface area contributed by atoms with E-state index in [1.54, 1.807) is 0 Å². The van der Waals surface area contributed by atoms with Crippen molar-refractivity contribution in [2.75, 3.05) is 12.4 Å². The molecule has 3 heteroatoms. The average Bonchev–Trinajstić information content (AvgIpc) is 2.93. The number of hydrogen-bond acceptors (Lipinski definition) is 1. The van der Waals surface area contributed by atoms with Gasteiger partial charge in [-0.25, -0.2) is 0 Å². The van der Waals surface area contributed by atoms with E-state index >= 15 is 0 Å². The lowest BCUT2D eigenvalue weighted by Gasteiger charge is -2.21. The van der Waals surface area contributed by atoms with E-state index in [1.165, 1.54) is 12.8 Å². The minimum atomic E-state index is 0.293. The second-order valence-corrected chi connectivity index (χ2v) is 4.82. The third-order valence-electron chi connectivity index (χ3n) is 2.57. The van der Waals surface area contributed by atoms with Gasteiger partial charge < -0.3 is 4.90 Å². The first-order valence-corrected chi connectivity index (χ1v) is 6.04. The van der Waals surface area contributed by atoms with Gasteiger partial charge in [0.2, 0.25) is 5.91 Å². The van der Waals surface area contributed by atoms with Crippen molar-refractivity contribution in [3.05, 3.63) is 0 Å². The Morgan fingerprint density at radius 3 is 2.57 bits per heavy atom. The summed E-state index contributed by atoms with van der Waals surface area (Å²) in [4.78, 5) is 13.8. The van der Waals surface area contributed by atoms with Crippen LogP contribution in [0.4, 0.5) is 0 Å². The van der Waals surface area contributed by atoms with Gasteiger partial charge in [0.25, 0.3) is 0 Å². The quantitative estimate of drug-likeness (QED) is 0.627. The van der Waals surface area contributed by atoms with Crippen molar-refractivity contribution in [3.63, 3.8) is 0 Å². The molecule has 1 saturated carbocycles. The molecule has 0 aliphatic heterocycles. The highest BCUT2D eigenvalue weighted by molar-refractivity contribution is 6.18. The van der Waals surface area contributed by atoms with Crippen LogP contribution >= 0.6 is 11.6 Å². The Bertz CT molecular complexity index is 190. The van der Waals surface area contributed by atoms with E-state index in [-0.39, 0.29) is 0 Å². The van der Waals surface area contributed by atoms with Crippen molar-refractivity contribution in [1.29, 1.82) is 0 Å². The Balaban J connectivity index is 2.30. The Labute approximate surface area is 91.6 Å². The van der Waals surface area contributed by atoms with Gasteiger partial charge in [0.05, 0.1) is 0 Å². The van der Waals surface area contributed by atoms with Crippen molar-refractivity contribution in [1.82, 2.24) is 4.90 Å². The fourth-order valence-electron chi connectivity index (χ4n) is 1.54. The van der Waals surface area contributed by atoms with Crippen LogP contribution < -0.4 is 0 Å². The summed E-state index contributed by atoms with van der Waals surface area (Å²) in [5.74, 6) is 1.46. The molecule has 1 aliphatic carbocycles. The van der Waals surface area contributed by atoms with E-state index in [0.717, 1.165) is 13.0 Å². The Morgan fingerprint density at radius 2 is 2.14 bits per heavy atom. The number of alkyl halides is 1. The third-order valence-corrected chi connectivity index (χ3v) is 2.74. The van der Waals surface area contributed by atoms with Gasteiger partial charge in [0.1, 0.15) is 0 Å². The van der Waals surface area contributed by atoms with Crippen LogP contribution in [0, 0.1) is 5.92 Å². The van der Waals surface area contributed by atoms with E-state index in [4.69, 9.17) is 11.6 Å². The summed E-state index contributed by atoms with van der Waals surface area (Å²) in [6.07, 6.45) is 4.02. The molecule has 0 aromatic carbocycles. The number of hydrogen-bond donors (Lipinski definition) is 0. The van der Waals surface area contributed by atoms with Gasteiger partial charge in [-0.2, -0.15) is 0 Å². The number of carbonyl (C=O) groups is 1. The average molecular weight is 218 g/mol. The number of carbonyl (C=O) groups excluding carboxylic acids is 1. The standard InChI is InChI=1S/C11H20ClNO/c1-9(2)3-6-11(14)13(8-7-12)10-4-5-10/h9-10H,3-8H2,1-2H3. The normalized spacial score (nSPS) is 16.0. The van der Waals surface area contributed by atoms with Crippen LogP contribution in [-0.4, -0.2) is 29.3 Å². The summed E-state index contributed by atoms with van der Waals surface area (Å²) >= 11 is 5.68. The lowest BCUT2D eigenvalue weighted by Crippen LogP contribution is -2.34. The van der Waals surface area contributed by atoms with Crippen LogP contribution in [0.25, 0.3) is 0 Å². The van der Waals surface area contributed by atoms with Gasteiger partial charge in [0, 0.05) is 24.9 Å². The predicted molar refractivity (Wildman–Crippen MR) is 59.5 cm³/mol. The topological polar surface area (TPSA) is 20.3 Å². The molecule has 0 unspecified atom stereocenters. The molecule has 0 saturated heterocycles. The summed E-state index contributed by atoms with van der Waals surface area (Å²) in [7, 11) is 0. The maximum Gasteiger partial charge on any atom is 0.222 e. The lowest BCUT2D eigenvalue weighted by molar-refractivity contribution is -0.131. The maximum absolute atomic E-state index is 11.8. The van der Waals surface area contributed by atoms with Gasteiger partial charge in [-0.1, -0.05) is 13.8 Å². The van der Waals surface area contributed by atoms with Crippen LogP contribution in [-0.2, 0) is 4.79 Å². The lowest BCUT2D eigenvalue weighted by atomic mass is 10.1. The minimum Gasteiger partial charge on any atom is -0.339 e. The van der Waals surface area contributed by atoms with Gasteiger partial charge in [-0.05, 0) is 25.2 Å². The molecule has 0 N–H and O–H groups in total. The highest BCUT2D eigenvalue weighted by atomic mass is 35.5. The molecule has 0 radical (unpaired) electrons. The van der Waals surface area contributed by atoms with Crippen LogP contribution in [0.3, 0.4) is 0 Å². The maximum atomic E-state index is 11.8. The number of nitrogens with zero attached hydrogens (tertiary/aromatic N) is 1. The fourth-order valence-corrected chi connectivity index (χ4v) is 1.73. The SMILES string of the molecule is CC(C)CCC(=O)N(CCCl)C1CC1. The van der Waals surface area contributed by atoms with Crippen LogP contribution in [0.15, 0.2) is 0 Å². The molecule has 0 bridgehead atoms. The minimum absolute atomic E-state index is 0.293. The molecule has 1 amide bonds. The summed E-state index contributed by atoms with van der Waals surface area (Å²) in [6, 6.07) is 0.508. The summed E-state index contributed by atoms with van der Waals surface area (Å²) in [5.41, 5.74) is 0. The zero-order valence-corrected chi connectivity index (χ0v) is 9.89. The predicted octanol–water partition coefficient (Wildman–Crippen LogP) is 2.65. The van der Waals surface area contributed by atoms with Crippen LogP contribution in [0.5, 0.6) is 0 Å². The van der Waals surface area contributed by atoms with Crippen molar-refractivity contribution >= 4 is 17.5 Å². The van der Waals surface area contributed by atoms with E-state index in [9.17, 15) is 4.79 Å². The second-order valence-electron chi connectivity index (χ2n) is 4.44. The number of amides is 1. The van der Waals surface area contributed by atoms with Crippen molar-refractivity contribution in [2.24, 2.45) is 5.92 Å². The van der Waals surface area contributed by atoms with Gasteiger partial charge in [-0.3, -0.25) is 4.79 Å². The summed E-state index contributed by atoms with van der Waals surface area (Å²) in [5, 5.41) is 0. The Kier molecular flexibility index (Phi) is 4.73. The first-order valence-electron chi connectivity index (χ1n) is 5.50. The first-order chi connectivity index (χ1) is 6.65. The molecular weight excluding hydrogens is 198 g/mol. The summed E-state index contributed by atoms with van der Waals surface area (Å²) in [6.45, 7) is 5.02. The number of rotatable bonds is 6. The zero-order valence-electron chi connectivity index (χ0n) is 9.13. The molecule has 0 atom stereocenters. The highest BCUT2D eigenvalue weighted by Gasteiger charge is 2.31. The number of halogens is 1. The van der Waals surface area contributed by atoms with Gasteiger partial charge in [-0.15, -0.1) is 11.6 Å². The molecule has 1 fully saturated rings. The third kappa shape index (κ3) is 3.87. The second kappa shape index (κ2) is 5.59. The van der Waals surface area contributed by atoms with Crippen molar-refractivity contribution in [3.8, 4) is 0 Å². The molecule has 14 heavy (non-hydrogen) atoms. The van der Waals surface area contributed by atoms with Crippen LogP contribution in [0.1, 0.15) is 39.5 Å². The Morgan fingerprint density at radius 1 is 1.50 bits per heavy atom. The molecule has 1 aliphatic rings. The zero-order chi connectivity index (χ0) is 10.6. The Hall–Kier alpha value is -0.240. The summed E-state index contributed by atoms with van der Waals surface area (Å²) < 4.78 is 0. The van der Waals surface area contributed by atoms with Gasteiger partial charge in [0.15, 0.2) is 0 Å². The monoisotopic (exact) mass is 217 g/mol. The molecule has 1 rings (SSSR count).